The van der Waals surface area contributed by atoms with Crippen LogP contribution in [0.5, 0.6) is 0 Å². The van der Waals surface area contributed by atoms with Crippen LogP contribution in [0.25, 0.3) is 0 Å². The lowest BCUT2D eigenvalue weighted by Gasteiger charge is -2.03. The molecule has 0 radical (unpaired) electrons. The number of nitrogens with zero attached hydrogens (tertiary/aromatic N) is 2. The second-order valence-electron chi connectivity index (χ2n) is 4.75. The Balaban J connectivity index is 2.24. The molecule has 1 aromatic carbocycles. The molecule has 3 heteroatoms. The molecule has 0 aliphatic heterocycles. The smallest absolute Gasteiger partial charge is 0.170 e. The number of Topliss-reactive ketones (excluding diaryl/α,β-unsaturated/α-hetero) is 1. The predicted molar refractivity (Wildman–Crippen MR) is 71.9 cm³/mol. The van der Waals surface area contributed by atoms with Gasteiger partial charge in [0.15, 0.2) is 5.78 Å². The maximum atomic E-state index is 12.3. The van der Waals surface area contributed by atoms with Crippen LogP contribution in [-0.4, -0.2) is 15.6 Å². The van der Waals surface area contributed by atoms with Crippen LogP contribution >= 0.6 is 0 Å². The summed E-state index contributed by atoms with van der Waals surface area (Å²) in [5.41, 5.74) is 4.77. The van der Waals surface area contributed by atoms with Gasteiger partial charge in [0.25, 0.3) is 0 Å². The van der Waals surface area contributed by atoms with Crippen LogP contribution in [0.15, 0.2) is 24.3 Å². The third-order valence-electron chi connectivity index (χ3n) is 3.27. The lowest BCUT2D eigenvalue weighted by atomic mass is 10.0. The van der Waals surface area contributed by atoms with Gasteiger partial charge in [-0.1, -0.05) is 29.8 Å². The first kappa shape index (κ1) is 12.6. The number of hydrogen-bond acceptors (Lipinski definition) is 2. The summed E-state index contributed by atoms with van der Waals surface area (Å²) in [5, 5.41) is 4.28. The third-order valence-corrected chi connectivity index (χ3v) is 3.27. The van der Waals surface area contributed by atoms with E-state index in [1.165, 1.54) is 5.56 Å². The van der Waals surface area contributed by atoms with Crippen LogP contribution in [0.3, 0.4) is 0 Å². The van der Waals surface area contributed by atoms with Gasteiger partial charge in [-0.15, -0.1) is 0 Å². The summed E-state index contributed by atoms with van der Waals surface area (Å²) >= 11 is 0. The molecular weight excluding hydrogens is 224 g/mol. The summed E-state index contributed by atoms with van der Waals surface area (Å²) < 4.78 is 1.76. The van der Waals surface area contributed by atoms with Crippen molar-refractivity contribution in [3.05, 3.63) is 52.3 Å². The molecule has 0 amide bonds. The van der Waals surface area contributed by atoms with Crippen molar-refractivity contribution < 1.29 is 4.79 Å². The summed E-state index contributed by atoms with van der Waals surface area (Å²) in [4.78, 5) is 12.3. The fourth-order valence-electron chi connectivity index (χ4n) is 2.16. The zero-order valence-electron chi connectivity index (χ0n) is 11.3. The van der Waals surface area contributed by atoms with Crippen molar-refractivity contribution >= 4 is 5.78 Å². The Kier molecular flexibility index (Phi) is 3.32. The van der Waals surface area contributed by atoms with Gasteiger partial charge in [0.2, 0.25) is 0 Å². The second-order valence-corrected chi connectivity index (χ2v) is 4.75. The van der Waals surface area contributed by atoms with Crippen molar-refractivity contribution in [3.8, 4) is 0 Å². The number of benzene rings is 1. The minimum atomic E-state index is 0.141. The summed E-state index contributed by atoms with van der Waals surface area (Å²) in [7, 11) is 1.87. The summed E-state index contributed by atoms with van der Waals surface area (Å²) in [6, 6.07) is 8.08. The van der Waals surface area contributed by atoms with Crippen LogP contribution in [0.2, 0.25) is 0 Å². The molecule has 3 nitrogen and oxygen atoms in total. The molecule has 0 bridgehead atoms. The van der Waals surface area contributed by atoms with Gasteiger partial charge in [-0.25, -0.2) is 0 Å². The quantitative estimate of drug-likeness (QED) is 0.776. The molecule has 0 saturated heterocycles. The number of carbonyl (C=O) groups excluding carboxylic acids is 1. The highest BCUT2D eigenvalue weighted by molar-refractivity contribution is 5.99. The molecule has 0 N–H and O–H groups in total. The Bertz CT molecular complexity index is 579. The number of aryl methyl sites for hydroxylation is 3. The normalized spacial score (nSPS) is 10.7. The molecule has 1 aromatic heterocycles. The summed E-state index contributed by atoms with van der Waals surface area (Å²) in [6.45, 7) is 5.86. The summed E-state index contributed by atoms with van der Waals surface area (Å²) in [6.07, 6.45) is 0.438. The molecule has 18 heavy (non-hydrogen) atoms. The number of rotatable bonds is 3. The van der Waals surface area contributed by atoms with E-state index < -0.39 is 0 Å². The van der Waals surface area contributed by atoms with Gasteiger partial charge in [-0.3, -0.25) is 9.48 Å². The van der Waals surface area contributed by atoms with Gasteiger partial charge in [0, 0.05) is 19.2 Å². The molecule has 0 atom stereocenters. The summed E-state index contributed by atoms with van der Waals surface area (Å²) in [5.74, 6) is 0.141. The van der Waals surface area contributed by atoms with Gasteiger partial charge in [-0.05, 0) is 26.3 Å². The number of aromatic nitrogens is 2. The Morgan fingerprint density at radius 2 is 1.78 bits per heavy atom. The molecule has 2 rings (SSSR count). The molecule has 0 saturated carbocycles. The number of ketones is 1. The van der Waals surface area contributed by atoms with Gasteiger partial charge in [0.05, 0.1) is 11.3 Å². The van der Waals surface area contributed by atoms with Crippen LogP contribution < -0.4 is 0 Å². The first-order valence-electron chi connectivity index (χ1n) is 6.08. The zero-order chi connectivity index (χ0) is 13.3. The fourth-order valence-corrected chi connectivity index (χ4v) is 2.16. The van der Waals surface area contributed by atoms with Gasteiger partial charge in [-0.2, -0.15) is 5.10 Å². The average Bonchev–Trinajstić information content (AvgIpc) is 2.56. The molecule has 0 unspecified atom stereocenters. The van der Waals surface area contributed by atoms with Crippen LogP contribution in [0.4, 0.5) is 0 Å². The number of hydrogen-bond donors (Lipinski definition) is 0. The van der Waals surface area contributed by atoms with Crippen molar-refractivity contribution in [1.29, 1.82) is 0 Å². The van der Waals surface area contributed by atoms with E-state index in [0.29, 0.717) is 6.42 Å². The van der Waals surface area contributed by atoms with E-state index in [4.69, 9.17) is 0 Å². The fraction of sp³-hybridized carbons (Fsp3) is 0.333. The van der Waals surface area contributed by atoms with Crippen molar-refractivity contribution in [2.45, 2.75) is 27.2 Å². The van der Waals surface area contributed by atoms with Crippen LogP contribution in [0, 0.1) is 20.8 Å². The lowest BCUT2D eigenvalue weighted by Crippen LogP contribution is -2.06. The van der Waals surface area contributed by atoms with E-state index in [0.717, 1.165) is 22.5 Å². The minimum absolute atomic E-state index is 0.141. The van der Waals surface area contributed by atoms with Gasteiger partial charge < -0.3 is 0 Å². The van der Waals surface area contributed by atoms with Crippen molar-refractivity contribution in [2.24, 2.45) is 7.05 Å². The monoisotopic (exact) mass is 242 g/mol. The molecule has 0 aliphatic carbocycles. The van der Waals surface area contributed by atoms with E-state index in [9.17, 15) is 4.79 Å². The molecule has 0 aliphatic rings. The van der Waals surface area contributed by atoms with Crippen LogP contribution in [0.1, 0.15) is 32.9 Å². The maximum Gasteiger partial charge on any atom is 0.170 e. The Labute approximate surface area is 107 Å². The standard InChI is InChI=1S/C15H18N2O/c1-10-5-7-13(8-6-10)9-14(18)15-11(2)16-17(4)12(15)3/h5-8H,9H2,1-4H3. The second kappa shape index (κ2) is 4.77. The maximum absolute atomic E-state index is 12.3. The van der Waals surface area contributed by atoms with Crippen LogP contribution in [-0.2, 0) is 13.5 Å². The first-order valence-corrected chi connectivity index (χ1v) is 6.08. The third kappa shape index (κ3) is 2.35. The lowest BCUT2D eigenvalue weighted by molar-refractivity contribution is 0.0991. The first-order chi connectivity index (χ1) is 8.49. The Morgan fingerprint density at radius 1 is 1.17 bits per heavy atom. The van der Waals surface area contributed by atoms with E-state index >= 15 is 0 Å². The van der Waals surface area contributed by atoms with E-state index in [1.807, 2.05) is 52.1 Å². The van der Waals surface area contributed by atoms with Crippen molar-refractivity contribution in [3.63, 3.8) is 0 Å². The van der Waals surface area contributed by atoms with E-state index in [-0.39, 0.29) is 5.78 Å². The highest BCUT2D eigenvalue weighted by Crippen LogP contribution is 2.15. The molecule has 2 aromatic rings. The molecule has 0 spiro atoms. The molecule has 94 valence electrons. The van der Waals surface area contributed by atoms with Crippen molar-refractivity contribution in [1.82, 2.24) is 9.78 Å². The highest BCUT2D eigenvalue weighted by Gasteiger charge is 2.17. The molecule has 1 heterocycles. The zero-order valence-corrected chi connectivity index (χ0v) is 11.3. The van der Waals surface area contributed by atoms with E-state index in [1.54, 1.807) is 4.68 Å². The van der Waals surface area contributed by atoms with E-state index in [2.05, 4.69) is 5.10 Å². The number of carbonyl (C=O) groups is 1. The molecular formula is C15H18N2O. The largest absolute Gasteiger partial charge is 0.294 e. The van der Waals surface area contributed by atoms with Gasteiger partial charge >= 0.3 is 0 Å². The average molecular weight is 242 g/mol. The minimum Gasteiger partial charge on any atom is -0.294 e. The Hall–Kier alpha value is -1.90. The van der Waals surface area contributed by atoms with Gasteiger partial charge in [0.1, 0.15) is 0 Å². The topological polar surface area (TPSA) is 34.9 Å². The van der Waals surface area contributed by atoms with Crippen molar-refractivity contribution in [2.75, 3.05) is 0 Å². The Morgan fingerprint density at radius 3 is 2.28 bits per heavy atom. The highest BCUT2D eigenvalue weighted by atomic mass is 16.1. The molecule has 0 fully saturated rings. The SMILES string of the molecule is Cc1ccc(CC(=O)c2c(C)nn(C)c2C)cc1. The predicted octanol–water partition coefficient (Wildman–Crippen LogP) is 2.77.